The molecule has 106 valence electrons. The maximum absolute atomic E-state index is 4.61. The second kappa shape index (κ2) is 7.81. The fourth-order valence-corrected chi connectivity index (χ4v) is 3.35. The van der Waals surface area contributed by atoms with E-state index in [2.05, 4.69) is 35.6 Å². The summed E-state index contributed by atoms with van der Waals surface area (Å²) in [6.45, 7) is 5.43. The van der Waals surface area contributed by atoms with Crippen LogP contribution < -0.4 is 5.32 Å². The first-order valence-corrected chi connectivity index (χ1v) is 8.48. The molecule has 1 N–H and O–H groups in total. The van der Waals surface area contributed by atoms with Crippen molar-refractivity contribution < 1.29 is 0 Å². The van der Waals surface area contributed by atoms with Gasteiger partial charge in [0.15, 0.2) is 0 Å². The standard InChI is InChI=1S/C16H26N2S/c1-3-9-17-15(10-14-7-5-4-6-8-14)11-16-12-19-13(2)18-16/h7,12,15,17H,3-6,8-11H2,1-2H3. The lowest BCUT2D eigenvalue weighted by Gasteiger charge is -2.21. The Morgan fingerprint density at radius 2 is 2.26 bits per heavy atom. The molecule has 1 aliphatic carbocycles. The SMILES string of the molecule is CCCNC(CC1=CCCCC1)Cc1csc(C)n1. The van der Waals surface area contributed by atoms with Gasteiger partial charge < -0.3 is 5.32 Å². The Morgan fingerprint density at radius 1 is 1.37 bits per heavy atom. The van der Waals surface area contributed by atoms with Gasteiger partial charge in [0.25, 0.3) is 0 Å². The lowest BCUT2D eigenvalue weighted by molar-refractivity contribution is 0.487. The van der Waals surface area contributed by atoms with Gasteiger partial charge in [-0.2, -0.15) is 0 Å². The van der Waals surface area contributed by atoms with E-state index in [-0.39, 0.29) is 0 Å². The van der Waals surface area contributed by atoms with Gasteiger partial charge in [0.2, 0.25) is 0 Å². The molecule has 0 aromatic carbocycles. The normalized spacial score (nSPS) is 17.3. The molecule has 3 heteroatoms. The van der Waals surface area contributed by atoms with E-state index in [9.17, 15) is 0 Å². The van der Waals surface area contributed by atoms with Crippen LogP contribution in [0.1, 0.15) is 56.2 Å². The molecule has 1 aromatic heterocycles. The average molecular weight is 278 g/mol. The number of aryl methyl sites for hydroxylation is 1. The molecule has 0 amide bonds. The lowest BCUT2D eigenvalue weighted by atomic mass is 9.93. The van der Waals surface area contributed by atoms with E-state index < -0.39 is 0 Å². The van der Waals surface area contributed by atoms with Gasteiger partial charge in [-0.1, -0.05) is 18.6 Å². The van der Waals surface area contributed by atoms with Crippen molar-refractivity contribution in [3.05, 3.63) is 27.7 Å². The van der Waals surface area contributed by atoms with Crippen molar-refractivity contribution in [2.45, 2.75) is 64.8 Å². The Labute approximate surface area is 121 Å². The van der Waals surface area contributed by atoms with Crippen molar-refractivity contribution in [1.29, 1.82) is 0 Å². The van der Waals surface area contributed by atoms with Gasteiger partial charge in [-0.25, -0.2) is 4.98 Å². The molecule has 1 heterocycles. The highest BCUT2D eigenvalue weighted by molar-refractivity contribution is 7.09. The molecule has 19 heavy (non-hydrogen) atoms. The molecule has 2 rings (SSSR count). The van der Waals surface area contributed by atoms with E-state index in [1.54, 1.807) is 16.9 Å². The molecule has 0 fully saturated rings. The smallest absolute Gasteiger partial charge is 0.0897 e. The van der Waals surface area contributed by atoms with Crippen LogP contribution in [-0.4, -0.2) is 17.6 Å². The van der Waals surface area contributed by atoms with Crippen molar-refractivity contribution in [2.24, 2.45) is 0 Å². The van der Waals surface area contributed by atoms with Crippen LogP contribution in [0.2, 0.25) is 0 Å². The molecule has 0 radical (unpaired) electrons. The fraction of sp³-hybridized carbons (Fsp3) is 0.688. The van der Waals surface area contributed by atoms with Crippen LogP contribution in [0, 0.1) is 6.92 Å². The van der Waals surface area contributed by atoms with Gasteiger partial charge >= 0.3 is 0 Å². The number of hydrogen-bond acceptors (Lipinski definition) is 3. The maximum atomic E-state index is 4.61. The predicted octanol–water partition coefficient (Wildman–Crippen LogP) is 4.25. The van der Waals surface area contributed by atoms with Gasteiger partial charge in [0.05, 0.1) is 10.7 Å². The topological polar surface area (TPSA) is 24.9 Å². The van der Waals surface area contributed by atoms with E-state index in [1.165, 1.54) is 49.2 Å². The molecule has 0 saturated carbocycles. The lowest BCUT2D eigenvalue weighted by Crippen LogP contribution is -2.32. The summed E-state index contributed by atoms with van der Waals surface area (Å²) in [7, 11) is 0. The van der Waals surface area contributed by atoms with Crippen LogP contribution in [0.5, 0.6) is 0 Å². The number of nitrogens with one attached hydrogen (secondary N) is 1. The second-order valence-corrected chi connectivity index (χ2v) is 6.59. The van der Waals surface area contributed by atoms with Crippen LogP contribution in [0.15, 0.2) is 17.0 Å². The van der Waals surface area contributed by atoms with Crippen molar-refractivity contribution in [2.75, 3.05) is 6.54 Å². The first-order valence-electron chi connectivity index (χ1n) is 7.60. The quantitative estimate of drug-likeness (QED) is 0.754. The number of allylic oxidation sites excluding steroid dienone is 1. The monoisotopic (exact) mass is 278 g/mol. The molecule has 0 saturated heterocycles. The van der Waals surface area contributed by atoms with Crippen molar-refractivity contribution in [3.63, 3.8) is 0 Å². The zero-order valence-corrected chi connectivity index (χ0v) is 13.1. The summed E-state index contributed by atoms with van der Waals surface area (Å²) in [6.07, 6.45) is 11.3. The maximum Gasteiger partial charge on any atom is 0.0897 e. The summed E-state index contributed by atoms with van der Waals surface area (Å²) in [5.41, 5.74) is 2.92. The summed E-state index contributed by atoms with van der Waals surface area (Å²) in [5, 5.41) is 7.09. The summed E-state index contributed by atoms with van der Waals surface area (Å²) in [5.74, 6) is 0. The summed E-state index contributed by atoms with van der Waals surface area (Å²) in [4.78, 5) is 4.61. The predicted molar refractivity (Wildman–Crippen MR) is 83.8 cm³/mol. The highest BCUT2D eigenvalue weighted by atomic mass is 32.1. The molecular weight excluding hydrogens is 252 g/mol. The van der Waals surface area contributed by atoms with Gasteiger partial charge in [-0.3, -0.25) is 0 Å². The van der Waals surface area contributed by atoms with Gasteiger partial charge in [0, 0.05) is 17.8 Å². The van der Waals surface area contributed by atoms with Crippen LogP contribution in [0.4, 0.5) is 0 Å². The average Bonchev–Trinajstić information content (AvgIpc) is 2.82. The minimum Gasteiger partial charge on any atom is -0.313 e. The Hall–Kier alpha value is -0.670. The Kier molecular flexibility index (Phi) is 6.05. The molecule has 1 aromatic rings. The van der Waals surface area contributed by atoms with E-state index in [4.69, 9.17) is 0 Å². The Balaban J connectivity index is 1.92. The zero-order valence-electron chi connectivity index (χ0n) is 12.2. The zero-order chi connectivity index (χ0) is 13.5. The molecule has 0 spiro atoms. The van der Waals surface area contributed by atoms with E-state index in [0.717, 1.165) is 13.0 Å². The van der Waals surface area contributed by atoms with E-state index >= 15 is 0 Å². The van der Waals surface area contributed by atoms with Crippen LogP contribution in [0.3, 0.4) is 0 Å². The fourth-order valence-electron chi connectivity index (χ4n) is 2.73. The summed E-state index contributed by atoms with van der Waals surface area (Å²) < 4.78 is 0. The summed E-state index contributed by atoms with van der Waals surface area (Å²) in [6, 6.07) is 0.561. The second-order valence-electron chi connectivity index (χ2n) is 5.53. The minimum atomic E-state index is 0.561. The molecule has 1 aliphatic rings. The van der Waals surface area contributed by atoms with Crippen molar-refractivity contribution in [3.8, 4) is 0 Å². The number of rotatable bonds is 7. The summed E-state index contributed by atoms with van der Waals surface area (Å²) >= 11 is 1.76. The molecule has 1 atom stereocenters. The molecule has 1 unspecified atom stereocenters. The molecule has 0 bridgehead atoms. The first kappa shape index (κ1) is 14.7. The van der Waals surface area contributed by atoms with E-state index in [0.29, 0.717) is 6.04 Å². The number of aromatic nitrogens is 1. The highest BCUT2D eigenvalue weighted by Crippen LogP contribution is 2.22. The Bertz CT molecular complexity index is 409. The highest BCUT2D eigenvalue weighted by Gasteiger charge is 2.14. The minimum absolute atomic E-state index is 0.561. The third kappa shape index (κ3) is 5.07. The molecular formula is C16H26N2S. The molecule has 0 aliphatic heterocycles. The third-order valence-corrected chi connectivity index (χ3v) is 4.52. The van der Waals surface area contributed by atoms with Crippen LogP contribution in [0.25, 0.3) is 0 Å². The third-order valence-electron chi connectivity index (χ3n) is 3.70. The number of hydrogen-bond donors (Lipinski definition) is 1. The van der Waals surface area contributed by atoms with Crippen LogP contribution >= 0.6 is 11.3 Å². The number of thiazole rings is 1. The number of nitrogens with zero attached hydrogens (tertiary/aromatic N) is 1. The van der Waals surface area contributed by atoms with Gasteiger partial charge in [-0.15, -0.1) is 11.3 Å². The van der Waals surface area contributed by atoms with Crippen molar-refractivity contribution >= 4 is 11.3 Å². The van der Waals surface area contributed by atoms with Crippen molar-refractivity contribution in [1.82, 2.24) is 10.3 Å². The van der Waals surface area contributed by atoms with Crippen LogP contribution in [-0.2, 0) is 6.42 Å². The van der Waals surface area contributed by atoms with Gasteiger partial charge in [0.1, 0.15) is 0 Å². The van der Waals surface area contributed by atoms with E-state index in [1.807, 2.05) is 0 Å². The largest absolute Gasteiger partial charge is 0.313 e. The Morgan fingerprint density at radius 3 is 2.89 bits per heavy atom. The first-order chi connectivity index (χ1) is 9.28. The van der Waals surface area contributed by atoms with Gasteiger partial charge in [-0.05, 0) is 52.0 Å². The molecule has 2 nitrogen and oxygen atoms in total.